The highest BCUT2D eigenvalue weighted by molar-refractivity contribution is 6.04. The lowest BCUT2D eigenvalue weighted by Gasteiger charge is -2.15. The molecule has 1 aliphatic heterocycles. The number of benzene rings is 1. The van der Waals surface area contributed by atoms with Crippen molar-refractivity contribution in [2.24, 2.45) is 11.8 Å². The zero-order valence-electron chi connectivity index (χ0n) is 12.3. The van der Waals surface area contributed by atoms with Crippen molar-refractivity contribution < 1.29 is 14.3 Å². The lowest BCUT2D eigenvalue weighted by molar-refractivity contribution is -0.139. The zero-order chi connectivity index (χ0) is 14.7. The standard InChI is InChI=1S/C16H21NO3/c1-11-12(2)16(19)17(15(11)18)10-6-8-13-7-4-5-9-14(13)20-3/h4-5,7,9,11-12H,6,8,10H2,1-3H3/t11-,12+. The summed E-state index contributed by atoms with van der Waals surface area (Å²) in [5, 5.41) is 0. The summed E-state index contributed by atoms with van der Waals surface area (Å²) in [5.74, 6) is 0.404. The third-order valence-electron chi connectivity index (χ3n) is 4.08. The number of amides is 2. The van der Waals surface area contributed by atoms with Crippen LogP contribution >= 0.6 is 0 Å². The molecule has 0 aromatic heterocycles. The van der Waals surface area contributed by atoms with E-state index in [0.717, 1.165) is 24.2 Å². The average molecular weight is 275 g/mol. The quantitative estimate of drug-likeness (QED) is 0.774. The second kappa shape index (κ2) is 6.07. The van der Waals surface area contributed by atoms with Crippen LogP contribution in [-0.4, -0.2) is 30.4 Å². The van der Waals surface area contributed by atoms with Crippen molar-refractivity contribution in [1.82, 2.24) is 4.90 Å². The summed E-state index contributed by atoms with van der Waals surface area (Å²) in [6.07, 6.45) is 1.56. The predicted molar refractivity (Wildman–Crippen MR) is 76.4 cm³/mol. The lowest BCUT2D eigenvalue weighted by atomic mass is 10.00. The number of likely N-dealkylation sites (tertiary alicyclic amines) is 1. The molecule has 0 aliphatic carbocycles. The van der Waals surface area contributed by atoms with Crippen molar-refractivity contribution in [2.45, 2.75) is 26.7 Å². The number of ether oxygens (including phenoxy) is 1. The van der Waals surface area contributed by atoms with Gasteiger partial charge < -0.3 is 4.74 Å². The third kappa shape index (κ3) is 2.69. The van der Waals surface area contributed by atoms with Gasteiger partial charge in [0.2, 0.25) is 11.8 Å². The predicted octanol–water partition coefficient (Wildman–Crippen LogP) is 2.27. The second-order valence-electron chi connectivity index (χ2n) is 5.32. The Labute approximate surface area is 119 Å². The van der Waals surface area contributed by atoms with E-state index < -0.39 is 0 Å². The molecule has 0 N–H and O–H groups in total. The molecule has 4 nitrogen and oxygen atoms in total. The molecule has 20 heavy (non-hydrogen) atoms. The fourth-order valence-electron chi connectivity index (χ4n) is 2.59. The number of hydrogen-bond acceptors (Lipinski definition) is 3. The van der Waals surface area contributed by atoms with E-state index in [0.29, 0.717) is 6.54 Å². The maximum atomic E-state index is 12.0. The van der Waals surface area contributed by atoms with Crippen molar-refractivity contribution in [2.75, 3.05) is 13.7 Å². The molecule has 4 heteroatoms. The van der Waals surface area contributed by atoms with E-state index in [1.165, 1.54) is 4.90 Å². The highest BCUT2D eigenvalue weighted by atomic mass is 16.5. The molecule has 108 valence electrons. The summed E-state index contributed by atoms with van der Waals surface area (Å²) in [6, 6.07) is 7.83. The fourth-order valence-corrected chi connectivity index (χ4v) is 2.59. The number of para-hydroxylation sites is 1. The number of imide groups is 1. The Kier molecular flexibility index (Phi) is 4.42. The largest absolute Gasteiger partial charge is 0.496 e. The van der Waals surface area contributed by atoms with Crippen LogP contribution in [0.15, 0.2) is 24.3 Å². The SMILES string of the molecule is COc1ccccc1CCCN1C(=O)[C@@H](C)[C@@H](C)C1=O. The summed E-state index contributed by atoms with van der Waals surface area (Å²) < 4.78 is 5.30. The fraction of sp³-hybridized carbons (Fsp3) is 0.500. The van der Waals surface area contributed by atoms with Crippen LogP contribution in [0, 0.1) is 11.8 Å². The molecule has 0 saturated carbocycles. The van der Waals surface area contributed by atoms with Crippen molar-refractivity contribution in [1.29, 1.82) is 0 Å². The maximum Gasteiger partial charge on any atom is 0.232 e. The molecule has 1 heterocycles. The Balaban J connectivity index is 1.93. The molecule has 1 fully saturated rings. The molecule has 2 atom stereocenters. The van der Waals surface area contributed by atoms with Gasteiger partial charge in [-0.15, -0.1) is 0 Å². The van der Waals surface area contributed by atoms with E-state index in [9.17, 15) is 9.59 Å². The summed E-state index contributed by atoms with van der Waals surface area (Å²) in [5.41, 5.74) is 1.11. The first kappa shape index (κ1) is 14.6. The summed E-state index contributed by atoms with van der Waals surface area (Å²) in [4.78, 5) is 25.4. The molecule has 1 aromatic rings. The molecule has 1 aliphatic rings. The van der Waals surface area contributed by atoms with Crippen LogP contribution in [-0.2, 0) is 16.0 Å². The van der Waals surface area contributed by atoms with E-state index in [1.54, 1.807) is 7.11 Å². The van der Waals surface area contributed by atoms with E-state index in [-0.39, 0.29) is 23.7 Å². The van der Waals surface area contributed by atoms with E-state index in [2.05, 4.69) is 0 Å². The van der Waals surface area contributed by atoms with Gasteiger partial charge in [-0.25, -0.2) is 0 Å². The summed E-state index contributed by atoms with van der Waals surface area (Å²) in [6.45, 7) is 4.14. The minimum Gasteiger partial charge on any atom is -0.496 e. The first-order chi connectivity index (χ1) is 9.56. The van der Waals surface area contributed by atoms with Crippen LogP contribution in [0.25, 0.3) is 0 Å². The van der Waals surface area contributed by atoms with Gasteiger partial charge in [-0.1, -0.05) is 32.0 Å². The van der Waals surface area contributed by atoms with Gasteiger partial charge in [-0.2, -0.15) is 0 Å². The molecule has 0 radical (unpaired) electrons. The summed E-state index contributed by atoms with van der Waals surface area (Å²) in [7, 11) is 1.65. The number of carbonyl (C=O) groups excluding carboxylic acids is 2. The van der Waals surface area contributed by atoms with Gasteiger partial charge in [0.05, 0.1) is 7.11 Å². The van der Waals surface area contributed by atoms with Crippen molar-refractivity contribution in [3.63, 3.8) is 0 Å². The second-order valence-corrected chi connectivity index (χ2v) is 5.32. The molecule has 1 aromatic carbocycles. The van der Waals surface area contributed by atoms with Crippen molar-refractivity contribution >= 4 is 11.8 Å². The molecular formula is C16H21NO3. The first-order valence-electron chi connectivity index (χ1n) is 7.03. The first-order valence-corrected chi connectivity index (χ1v) is 7.03. The molecule has 0 bridgehead atoms. The van der Waals surface area contributed by atoms with Gasteiger partial charge in [0, 0.05) is 18.4 Å². The van der Waals surface area contributed by atoms with Crippen LogP contribution < -0.4 is 4.74 Å². The smallest absolute Gasteiger partial charge is 0.232 e. The molecule has 1 saturated heterocycles. The van der Waals surface area contributed by atoms with Crippen molar-refractivity contribution in [3.8, 4) is 5.75 Å². The minimum atomic E-state index is -0.186. The van der Waals surface area contributed by atoms with Gasteiger partial charge >= 0.3 is 0 Å². The number of hydrogen-bond donors (Lipinski definition) is 0. The Morgan fingerprint density at radius 2 is 1.70 bits per heavy atom. The van der Waals surface area contributed by atoms with E-state index in [1.807, 2.05) is 38.1 Å². The highest BCUT2D eigenvalue weighted by Crippen LogP contribution is 2.26. The third-order valence-corrected chi connectivity index (χ3v) is 4.08. The Hall–Kier alpha value is -1.84. The van der Waals surface area contributed by atoms with Gasteiger partial charge in [0.15, 0.2) is 0 Å². The number of nitrogens with zero attached hydrogens (tertiary/aromatic N) is 1. The molecule has 0 spiro atoms. The topological polar surface area (TPSA) is 46.6 Å². The number of rotatable bonds is 5. The molecular weight excluding hydrogens is 254 g/mol. The normalized spacial score (nSPS) is 22.4. The maximum absolute atomic E-state index is 12.0. The molecule has 2 rings (SSSR count). The highest BCUT2D eigenvalue weighted by Gasteiger charge is 2.41. The van der Waals surface area contributed by atoms with Crippen LogP contribution in [0.2, 0.25) is 0 Å². The molecule has 2 amide bonds. The van der Waals surface area contributed by atoms with Crippen LogP contribution in [0.3, 0.4) is 0 Å². The van der Waals surface area contributed by atoms with Crippen LogP contribution in [0.1, 0.15) is 25.8 Å². The number of aryl methyl sites for hydroxylation is 1. The van der Waals surface area contributed by atoms with Gasteiger partial charge in [-0.05, 0) is 24.5 Å². The summed E-state index contributed by atoms with van der Waals surface area (Å²) >= 11 is 0. The lowest BCUT2D eigenvalue weighted by Crippen LogP contribution is -2.32. The van der Waals surface area contributed by atoms with Gasteiger partial charge in [0.1, 0.15) is 5.75 Å². The van der Waals surface area contributed by atoms with Gasteiger partial charge in [0.25, 0.3) is 0 Å². The van der Waals surface area contributed by atoms with Crippen LogP contribution in [0.5, 0.6) is 5.75 Å². The number of carbonyl (C=O) groups is 2. The van der Waals surface area contributed by atoms with Gasteiger partial charge in [-0.3, -0.25) is 14.5 Å². The Bertz CT molecular complexity index is 492. The number of methoxy groups -OCH3 is 1. The zero-order valence-corrected chi connectivity index (χ0v) is 12.3. The van der Waals surface area contributed by atoms with E-state index >= 15 is 0 Å². The monoisotopic (exact) mass is 275 g/mol. The van der Waals surface area contributed by atoms with E-state index in [4.69, 9.17) is 4.74 Å². The minimum absolute atomic E-state index is 0.0393. The van der Waals surface area contributed by atoms with Crippen molar-refractivity contribution in [3.05, 3.63) is 29.8 Å². The Morgan fingerprint density at radius 3 is 2.30 bits per heavy atom. The Morgan fingerprint density at radius 1 is 1.10 bits per heavy atom. The average Bonchev–Trinajstić information content (AvgIpc) is 2.65. The van der Waals surface area contributed by atoms with Crippen LogP contribution in [0.4, 0.5) is 0 Å². The molecule has 0 unspecified atom stereocenters.